The summed E-state index contributed by atoms with van der Waals surface area (Å²) in [6, 6.07) is 33.4. The van der Waals surface area contributed by atoms with Gasteiger partial charge in [0.1, 0.15) is 0 Å². The van der Waals surface area contributed by atoms with Gasteiger partial charge in [0.25, 0.3) is 0 Å². The number of allylic oxidation sites excluding steroid dienone is 1. The number of carbonyl (C=O) groups excluding carboxylic acids is 2. The minimum Gasteiger partial charge on any atom is -0.357 e. The maximum absolute atomic E-state index is 14.2. The van der Waals surface area contributed by atoms with Crippen molar-refractivity contribution in [3.63, 3.8) is 0 Å². The van der Waals surface area contributed by atoms with Crippen LogP contribution in [0.5, 0.6) is 0 Å². The highest BCUT2D eigenvalue weighted by atomic mass is 32.1. The Balaban J connectivity index is 1.17. The molecule has 45 heavy (non-hydrogen) atoms. The predicted octanol–water partition coefficient (Wildman–Crippen LogP) is 7.30. The molecular formula is C38H40N4O2S. The number of benzene rings is 3. The van der Waals surface area contributed by atoms with E-state index in [1.807, 2.05) is 23.1 Å². The molecule has 1 unspecified atom stereocenters. The van der Waals surface area contributed by atoms with Crippen molar-refractivity contribution in [1.29, 1.82) is 0 Å². The summed E-state index contributed by atoms with van der Waals surface area (Å²) >= 11 is 1.65. The highest BCUT2D eigenvalue weighted by Gasteiger charge is 2.42. The largest absolute Gasteiger partial charge is 0.357 e. The number of hydrogen-bond donors (Lipinski definition) is 1. The van der Waals surface area contributed by atoms with E-state index in [9.17, 15) is 9.59 Å². The molecule has 7 heteroatoms. The number of piperazine rings is 1. The third-order valence-corrected chi connectivity index (χ3v) is 10.3. The SMILES string of the molecule is CC1(C)CC(=O)C2=C(C1)Nc1ccccc1N(CC(=O)N1CCN(C(c3ccccc3)c3ccccc3)CC1)C2c1cccs1. The minimum absolute atomic E-state index is 0.0922. The number of Topliss-reactive ketones (excluding diaryl/α,β-unsaturated/α-hetero) is 1. The molecule has 3 heterocycles. The second kappa shape index (κ2) is 12.3. The van der Waals surface area contributed by atoms with Gasteiger partial charge in [-0.15, -0.1) is 11.3 Å². The fourth-order valence-corrected chi connectivity index (χ4v) is 8.18. The summed E-state index contributed by atoms with van der Waals surface area (Å²) in [5, 5.41) is 5.72. The molecule has 0 spiro atoms. The van der Waals surface area contributed by atoms with Crippen LogP contribution in [0.15, 0.2) is 114 Å². The molecule has 1 fully saturated rings. The van der Waals surface area contributed by atoms with Gasteiger partial charge in [0.15, 0.2) is 5.78 Å². The lowest BCUT2D eigenvalue weighted by atomic mass is 9.74. The van der Waals surface area contributed by atoms with Crippen LogP contribution in [-0.2, 0) is 9.59 Å². The summed E-state index contributed by atoms with van der Waals surface area (Å²) in [6.07, 6.45) is 1.29. The molecule has 3 aliphatic rings. The number of hydrogen-bond acceptors (Lipinski definition) is 6. The van der Waals surface area contributed by atoms with Gasteiger partial charge in [-0.3, -0.25) is 14.5 Å². The quantitative estimate of drug-likeness (QED) is 0.247. The number of amides is 1. The molecule has 6 nitrogen and oxygen atoms in total. The molecule has 2 aliphatic heterocycles. The molecule has 3 aromatic carbocycles. The Morgan fingerprint density at radius 1 is 0.844 bits per heavy atom. The van der Waals surface area contributed by atoms with E-state index in [1.54, 1.807) is 11.3 Å². The van der Waals surface area contributed by atoms with Gasteiger partial charge >= 0.3 is 0 Å². The van der Waals surface area contributed by atoms with Crippen molar-refractivity contribution in [2.45, 2.75) is 38.8 Å². The summed E-state index contributed by atoms with van der Waals surface area (Å²) < 4.78 is 0. The van der Waals surface area contributed by atoms with Crippen LogP contribution in [0, 0.1) is 5.41 Å². The van der Waals surface area contributed by atoms with Crippen molar-refractivity contribution < 1.29 is 9.59 Å². The lowest BCUT2D eigenvalue weighted by Gasteiger charge is -2.41. The van der Waals surface area contributed by atoms with Crippen molar-refractivity contribution in [1.82, 2.24) is 9.80 Å². The first kappa shape index (κ1) is 29.5. The third kappa shape index (κ3) is 5.95. The highest BCUT2D eigenvalue weighted by Crippen LogP contribution is 2.49. The Morgan fingerprint density at radius 3 is 2.13 bits per heavy atom. The Hall–Kier alpha value is -4.20. The summed E-state index contributed by atoms with van der Waals surface area (Å²) in [7, 11) is 0. The zero-order chi connectivity index (χ0) is 31.0. The second-order valence-electron chi connectivity index (χ2n) is 13.2. The van der Waals surface area contributed by atoms with Crippen molar-refractivity contribution in [2.75, 3.05) is 42.9 Å². The second-order valence-corrected chi connectivity index (χ2v) is 14.1. The number of rotatable bonds is 6. The fourth-order valence-electron chi connectivity index (χ4n) is 7.33. The lowest BCUT2D eigenvalue weighted by molar-refractivity contribution is -0.131. The molecule has 0 bridgehead atoms. The van der Waals surface area contributed by atoms with Crippen LogP contribution in [0.25, 0.3) is 0 Å². The number of thiophene rings is 1. The predicted molar refractivity (Wildman–Crippen MR) is 182 cm³/mol. The number of anilines is 2. The number of fused-ring (bicyclic) bond motifs is 1. The van der Waals surface area contributed by atoms with Crippen LogP contribution in [0.4, 0.5) is 11.4 Å². The zero-order valence-corrected chi connectivity index (χ0v) is 26.8. The molecule has 230 valence electrons. The van der Waals surface area contributed by atoms with Crippen molar-refractivity contribution in [2.24, 2.45) is 5.41 Å². The maximum Gasteiger partial charge on any atom is 0.242 e. The number of para-hydroxylation sites is 2. The molecule has 1 aliphatic carbocycles. The van der Waals surface area contributed by atoms with E-state index in [1.165, 1.54) is 11.1 Å². The van der Waals surface area contributed by atoms with E-state index in [0.29, 0.717) is 19.5 Å². The Labute approximate surface area is 270 Å². The molecule has 7 rings (SSSR count). The molecular weight excluding hydrogens is 577 g/mol. The molecule has 4 aromatic rings. The van der Waals surface area contributed by atoms with Crippen molar-refractivity contribution in [3.05, 3.63) is 130 Å². The Bertz CT molecular complexity index is 1650. The van der Waals surface area contributed by atoms with Gasteiger partial charge in [-0.25, -0.2) is 0 Å². The van der Waals surface area contributed by atoms with Crippen LogP contribution >= 0.6 is 11.3 Å². The summed E-state index contributed by atoms with van der Waals surface area (Å²) in [4.78, 5) is 35.9. The molecule has 1 saturated heterocycles. The fraction of sp³-hybridized carbons (Fsp3) is 0.316. The summed E-state index contributed by atoms with van der Waals surface area (Å²) in [5.41, 5.74) is 6.09. The Kier molecular flexibility index (Phi) is 8.06. The molecule has 1 aromatic heterocycles. The standard InChI is InChI=1S/C38H40N4O2S/c1-38(2)24-30-35(32(43)25-38)37(33-18-11-23-45-33)42(31-17-10-9-16-29(31)39-30)26-34(44)40-19-21-41(22-20-40)36(27-12-5-3-6-13-27)28-14-7-4-8-15-28/h3-18,23,36-37,39H,19-22,24-26H2,1-2H3. The van der Waals surface area contributed by atoms with E-state index in [-0.39, 0.29) is 35.7 Å². The van der Waals surface area contributed by atoms with E-state index in [2.05, 4.69) is 113 Å². The number of carbonyl (C=O) groups is 2. The summed E-state index contributed by atoms with van der Waals surface area (Å²) in [6.45, 7) is 7.42. The van der Waals surface area contributed by atoms with Crippen LogP contribution in [0.2, 0.25) is 0 Å². The third-order valence-electron chi connectivity index (χ3n) is 9.39. The first-order valence-electron chi connectivity index (χ1n) is 15.9. The monoisotopic (exact) mass is 616 g/mol. The molecule has 0 radical (unpaired) electrons. The normalized spacial score (nSPS) is 20.0. The van der Waals surface area contributed by atoms with E-state index in [4.69, 9.17) is 0 Å². The van der Waals surface area contributed by atoms with Crippen LogP contribution < -0.4 is 10.2 Å². The van der Waals surface area contributed by atoms with Gasteiger partial charge in [-0.1, -0.05) is 92.7 Å². The topological polar surface area (TPSA) is 55.9 Å². The van der Waals surface area contributed by atoms with Crippen molar-refractivity contribution in [3.8, 4) is 0 Å². The maximum atomic E-state index is 14.2. The van der Waals surface area contributed by atoms with Crippen LogP contribution in [0.3, 0.4) is 0 Å². The van der Waals surface area contributed by atoms with Gasteiger partial charge in [0.05, 0.1) is 30.0 Å². The van der Waals surface area contributed by atoms with E-state index < -0.39 is 0 Å². The van der Waals surface area contributed by atoms with Gasteiger partial charge < -0.3 is 15.1 Å². The average molecular weight is 617 g/mol. The molecule has 0 saturated carbocycles. The van der Waals surface area contributed by atoms with Gasteiger partial charge in [-0.2, -0.15) is 0 Å². The molecule has 1 N–H and O–H groups in total. The van der Waals surface area contributed by atoms with Gasteiger partial charge in [0, 0.05) is 48.7 Å². The number of nitrogens with zero attached hydrogens (tertiary/aromatic N) is 3. The minimum atomic E-state index is -0.314. The average Bonchev–Trinajstić information content (AvgIpc) is 3.54. The van der Waals surface area contributed by atoms with E-state index >= 15 is 0 Å². The molecule has 1 amide bonds. The number of nitrogens with one attached hydrogen (secondary N) is 1. The first-order valence-corrected chi connectivity index (χ1v) is 16.8. The smallest absolute Gasteiger partial charge is 0.242 e. The van der Waals surface area contributed by atoms with Gasteiger partial charge in [0.2, 0.25) is 5.91 Å². The Morgan fingerprint density at radius 2 is 1.49 bits per heavy atom. The highest BCUT2D eigenvalue weighted by molar-refractivity contribution is 7.10. The molecule has 1 atom stereocenters. The van der Waals surface area contributed by atoms with Crippen molar-refractivity contribution >= 4 is 34.4 Å². The summed E-state index contributed by atoms with van der Waals surface area (Å²) in [5.74, 6) is 0.258. The van der Waals surface area contributed by atoms with Gasteiger partial charge in [-0.05, 0) is 46.5 Å². The van der Waals surface area contributed by atoms with E-state index in [0.717, 1.165) is 47.0 Å². The van der Waals surface area contributed by atoms with Crippen LogP contribution in [0.1, 0.15) is 54.8 Å². The first-order chi connectivity index (χ1) is 21.9. The zero-order valence-electron chi connectivity index (χ0n) is 26.0. The number of ketones is 1. The lowest BCUT2D eigenvalue weighted by Crippen LogP contribution is -2.52. The van der Waals surface area contributed by atoms with Crippen LogP contribution in [-0.4, -0.2) is 54.2 Å².